The maximum Gasteiger partial charge on any atom is 0.0522 e. The third kappa shape index (κ3) is 3.12. The van der Waals surface area contributed by atoms with Crippen LogP contribution in [0.1, 0.15) is 31.1 Å². The van der Waals surface area contributed by atoms with Gasteiger partial charge in [-0.3, -0.25) is 4.68 Å². The first-order valence-electron chi connectivity index (χ1n) is 6.20. The molecule has 2 aromatic rings. The van der Waals surface area contributed by atoms with Crippen molar-refractivity contribution in [1.29, 1.82) is 0 Å². The van der Waals surface area contributed by atoms with Crippen LogP contribution in [0.15, 0.2) is 36.5 Å². The molecule has 4 heteroatoms. The largest absolute Gasteiger partial charge is 0.305 e. The van der Waals surface area contributed by atoms with Crippen LogP contribution in [0.25, 0.3) is 0 Å². The maximum atomic E-state index is 5.99. The van der Waals surface area contributed by atoms with Gasteiger partial charge in [-0.15, -0.1) is 0 Å². The number of benzene rings is 1. The van der Waals surface area contributed by atoms with Crippen LogP contribution in [-0.2, 0) is 13.1 Å². The molecule has 0 bridgehead atoms. The summed E-state index contributed by atoms with van der Waals surface area (Å²) in [5.74, 6) is 0. The number of hydrogen-bond donors (Lipinski definition) is 1. The molecule has 0 aliphatic heterocycles. The van der Waals surface area contributed by atoms with Gasteiger partial charge in [-0.05, 0) is 37.6 Å². The summed E-state index contributed by atoms with van der Waals surface area (Å²) >= 11 is 5.99. The van der Waals surface area contributed by atoms with Crippen molar-refractivity contribution in [3.8, 4) is 0 Å². The number of aromatic nitrogens is 2. The lowest BCUT2D eigenvalue weighted by molar-refractivity contribution is 0.531. The molecular formula is C14H18ClN3. The average molecular weight is 264 g/mol. The monoisotopic (exact) mass is 263 g/mol. The normalized spacial score (nSPS) is 12.6. The Balaban J connectivity index is 1.98. The second-order valence-electron chi connectivity index (χ2n) is 4.30. The van der Waals surface area contributed by atoms with E-state index in [2.05, 4.69) is 30.3 Å². The molecule has 0 spiro atoms. The van der Waals surface area contributed by atoms with Gasteiger partial charge in [-0.2, -0.15) is 5.10 Å². The lowest BCUT2D eigenvalue weighted by atomic mass is 10.1. The Morgan fingerprint density at radius 3 is 2.94 bits per heavy atom. The van der Waals surface area contributed by atoms with Crippen LogP contribution in [-0.4, -0.2) is 9.78 Å². The van der Waals surface area contributed by atoms with Crippen LogP contribution >= 0.6 is 11.6 Å². The number of halogens is 1. The van der Waals surface area contributed by atoms with E-state index in [1.165, 1.54) is 11.3 Å². The minimum Gasteiger partial charge on any atom is -0.305 e. The molecule has 0 aliphatic rings. The van der Waals surface area contributed by atoms with E-state index in [1.807, 2.05) is 35.1 Å². The molecule has 0 fully saturated rings. The van der Waals surface area contributed by atoms with Crippen molar-refractivity contribution in [2.24, 2.45) is 0 Å². The zero-order valence-electron chi connectivity index (χ0n) is 10.7. The highest BCUT2D eigenvalue weighted by Crippen LogP contribution is 2.17. The van der Waals surface area contributed by atoms with E-state index in [-0.39, 0.29) is 6.04 Å². The minimum atomic E-state index is 0.268. The third-order valence-electron chi connectivity index (χ3n) is 3.04. The smallest absolute Gasteiger partial charge is 0.0522 e. The summed E-state index contributed by atoms with van der Waals surface area (Å²) in [5.41, 5.74) is 2.40. The highest BCUT2D eigenvalue weighted by Gasteiger charge is 2.07. The molecule has 0 saturated carbocycles. The number of nitrogens with zero attached hydrogens (tertiary/aromatic N) is 2. The van der Waals surface area contributed by atoms with Crippen molar-refractivity contribution < 1.29 is 0 Å². The molecule has 1 N–H and O–H groups in total. The number of hydrogen-bond acceptors (Lipinski definition) is 2. The summed E-state index contributed by atoms with van der Waals surface area (Å²) in [4.78, 5) is 0. The van der Waals surface area contributed by atoms with Gasteiger partial charge in [0.05, 0.1) is 5.69 Å². The Kier molecular flexibility index (Phi) is 4.39. The molecule has 1 atom stereocenters. The van der Waals surface area contributed by atoms with Crippen LogP contribution < -0.4 is 5.32 Å². The van der Waals surface area contributed by atoms with Crippen molar-refractivity contribution in [3.63, 3.8) is 0 Å². The van der Waals surface area contributed by atoms with Gasteiger partial charge in [0.15, 0.2) is 0 Å². The predicted octanol–water partition coefficient (Wildman–Crippen LogP) is 3.41. The van der Waals surface area contributed by atoms with Crippen molar-refractivity contribution in [1.82, 2.24) is 15.1 Å². The second kappa shape index (κ2) is 6.03. The zero-order valence-corrected chi connectivity index (χ0v) is 11.5. The quantitative estimate of drug-likeness (QED) is 0.896. The van der Waals surface area contributed by atoms with Crippen molar-refractivity contribution in [2.75, 3.05) is 0 Å². The first-order valence-corrected chi connectivity index (χ1v) is 6.58. The van der Waals surface area contributed by atoms with E-state index in [4.69, 9.17) is 11.6 Å². The second-order valence-corrected chi connectivity index (χ2v) is 4.73. The Bertz CT molecular complexity index is 507. The van der Waals surface area contributed by atoms with Crippen LogP contribution in [0.5, 0.6) is 0 Å². The molecule has 0 amide bonds. The molecular weight excluding hydrogens is 246 g/mol. The fourth-order valence-electron chi connectivity index (χ4n) is 1.95. The van der Waals surface area contributed by atoms with Crippen molar-refractivity contribution in [2.45, 2.75) is 33.0 Å². The van der Waals surface area contributed by atoms with Gasteiger partial charge < -0.3 is 5.32 Å². The Morgan fingerprint density at radius 1 is 1.39 bits per heavy atom. The summed E-state index contributed by atoms with van der Waals surface area (Å²) in [5, 5.41) is 8.52. The van der Waals surface area contributed by atoms with Gasteiger partial charge in [-0.25, -0.2) is 0 Å². The van der Waals surface area contributed by atoms with Crippen LogP contribution in [0.2, 0.25) is 5.02 Å². The van der Waals surface area contributed by atoms with E-state index in [0.717, 1.165) is 18.1 Å². The fourth-order valence-corrected chi connectivity index (χ4v) is 2.15. The van der Waals surface area contributed by atoms with E-state index in [9.17, 15) is 0 Å². The predicted molar refractivity (Wildman–Crippen MR) is 74.6 cm³/mol. The summed E-state index contributed by atoms with van der Waals surface area (Å²) in [6, 6.07) is 10.3. The summed E-state index contributed by atoms with van der Waals surface area (Å²) < 4.78 is 2.00. The fraction of sp³-hybridized carbons (Fsp3) is 0.357. The molecule has 0 saturated heterocycles. The molecule has 96 valence electrons. The molecule has 0 radical (unpaired) electrons. The molecule has 2 rings (SSSR count). The first kappa shape index (κ1) is 13.1. The minimum absolute atomic E-state index is 0.268. The van der Waals surface area contributed by atoms with Gasteiger partial charge in [-0.1, -0.05) is 23.7 Å². The number of nitrogens with one attached hydrogen (secondary N) is 1. The van der Waals surface area contributed by atoms with Gasteiger partial charge in [0.25, 0.3) is 0 Å². The summed E-state index contributed by atoms with van der Waals surface area (Å²) in [6.07, 6.45) is 1.84. The molecule has 1 aromatic heterocycles. The Morgan fingerprint density at radius 2 is 2.22 bits per heavy atom. The topological polar surface area (TPSA) is 29.9 Å². The SMILES string of the molecule is CCn1nccc1CN[C@@H](C)c1cccc(Cl)c1. The standard InChI is InChI=1S/C14H18ClN3/c1-3-18-14(7-8-17-18)10-16-11(2)12-5-4-6-13(15)9-12/h4-9,11,16H,3,10H2,1-2H3/t11-/m0/s1. The zero-order chi connectivity index (χ0) is 13.0. The van der Waals surface area contributed by atoms with Crippen LogP contribution in [0.4, 0.5) is 0 Å². The lowest BCUT2D eigenvalue weighted by Gasteiger charge is -2.15. The maximum absolute atomic E-state index is 5.99. The molecule has 18 heavy (non-hydrogen) atoms. The number of aryl methyl sites for hydroxylation is 1. The van der Waals surface area contributed by atoms with Gasteiger partial charge >= 0.3 is 0 Å². The van der Waals surface area contributed by atoms with E-state index >= 15 is 0 Å². The van der Waals surface area contributed by atoms with E-state index < -0.39 is 0 Å². The van der Waals surface area contributed by atoms with Gasteiger partial charge in [0, 0.05) is 30.4 Å². The molecule has 1 aromatic carbocycles. The molecule has 1 heterocycles. The highest BCUT2D eigenvalue weighted by molar-refractivity contribution is 6.30. The first-order chi connectivity index (χ1) is 8.70. The summed E-state index contributed by atoms with van der Waals surface area (Å²) in [7, 11) is 0. The average Bonchev–Trinajstić information content (AvgIpc) is 2.83. The van der Waals surface area contributed by atoms with E-state index in [1.54, 1.807) is 0 Å². The Hall–Kier alpha value is -1.32. The van der Waals surface area contributed by atoms with Crippen molar-refractivity contribution >= 4 is 11.6 Å². The lowest BCUT2D eigenvalue weighted by Crippen LogP contribution is -2.20. The molecule has 0 aliphatic carbocycles. The van der Waals surface area contributed by atoms with Crippen LogP contribution in [0, 0.1) is 0 Å². The third-order valence-corrected chi connectivity index (χ3v) is 3.28. The number of rotatable bonds is 5. The van der Waals surface area contributed by atoms with Gasteiger partial charge in [0.2, 0.25) is 0 Å². The molecule has 3 nitrogen and oxygen atoms in total. The summed E-state index contributed by atoms with van der Waals surface area (Å²) in [6.45, 7) is 5.94. The van der Waals surface area contributed by atoms with Crippen molar-refractivity contribution in [3.05, 3.63) is 52.8 Å². The highest BCUT2D eigenvalue weighted by atomic mass is 35.5. The van der Waals surface area contributed by atoms with Gasteiger partial charge in [0.1, 0.15) is 0 Å². The van der Waals surface area contributed by atoms with E-state index in [0.29, 0.717) is 0 Å². The van der Waals surface area contributed by atoms with Crippen LogP contribution in [0.3, 0.4) is 0 Å². The Labute approximate surface area is 113 Å². The molecule has 0 unspecified atom stereocenters.